The Balaban J connectivity index is 0.000000345. The lowest BCUT2D eigenvalue weighted by atomic mass is 9.95. The summed E-state index contributed by atoms with van der Waals surface area (Å²) < 4.78 is 42.1. The molecule has 7 nitrogen and oxygen atoms in total. The van der Waals surface area contributed by atoms with Crippen molar-refractivity contribution in [3.8, 4) is 5.75 Å². The zero-order valence-electron chi connectivity index (χ0n) is 14.5. The molecular formula is C18H15F3N2O5. The van der Waals surface area contributed by atoms with E-state index >= 15 is 0 Å². The second-order valence-corrected chi connectivity index (χ2v) is 5.61. The number of carboxylic acids is 1. The van der Waals surface area contributed by atoms with Gasteiger partial charge in [0.15, 0.2) is 0 Å². The van der Waals surface area contributed by atoms with Crippen LogP contribution in [-0.2, 0) is 14.3 Å². The van der Waals surface area contributed by atoms with Crippen LogP contribution >= 0.6 is 0 Å². The van der Waals surface area contributed by atoms with Gasteiger partial charge in [-0.15, -0.1) is 0 Å². The summed E-state index contributed by atoms with van der Waals surface area (Å²) in [5, 5.41) is 16.6. The number of halogens is 3. The Bertz CT molecular complexity index is 983. The molecule has 4 N–H and O–H groups in total. The first-order chi connectivity index (χ1) is 13.0. The quantitative estimate of drug-likeness (QED) is 0.416. The van der Waals surface area contributed by atoms with Gasteiger partial charge in [-0.2, -0.15) is 13.2 Å². The highest BCUT2D eigenvalue weighted by atomic mass is 19.4. The number of rotatable bonds is 3. The lowest BCUT2D eigenvalue weighted by Crippen LogP contribution is -2.21. The number of amidine groups is 1. The first kappa shape index (κ1) is 20.7. The largest absolute Gasteiger partial charge is 0.496 e. The molecule has 1 aliphatic heterocycles. The Kier molecular flexibility index (Phi) is 5.92. The molecule has 0 fully saturated rings. The molecule has 2 aromatic carbocycles. The van der Waals surface area contributed by atoms with Gasteiger partial charge < -0.3 is 20.3 Å². The Hall–Kier alpha value is -3.56. The SMILES string of the molecule is COc1ccc2ccc(C(=N)N)cc2c1C1=COC(=O)C1.O=C(O)C(F)(F)F. The molecule has 0 saturated carbocycles. The summed E-state index contributed by atoms with van der Waals surface area (Å²) in [5.74, 6) is -2.38. The molecule has 2 aromatic rings. The summed E-state index contributed by atoms with van der Waals surface area (Å²) in [6.07, 6.45) is -3.42. The van der Waals surface area contributed by atoms with Crippen molar-refractivity contribution >= 4 is 34.1 Å². The molecule has 3 rings (SSSR count). The molecule has 1 aliphatic rings. The molecule has 0 spiro atoms. The van der Waals surface area contributed by atoms with Crippen LogP contribution in [0.3, 0.4) is 0 Å². The van der Waals surface area contributed by atoms with Gasteiger partial charge in [-0.05, 0) is 22.9 Å². The first-order valence-electron chi connectivity index (χ1n) is 7.68. The first-order valence-corrected chi connectivity index (χ1v) is 7.68. The second kappa shape index (κ2) is 7.99. The molecule has 10 heteroatoms. The van der Waals surface area contributed by atoms with Crippen LogP contribution in [0.4, 0.5) is 13.2 Å². The summed E-state index contributed by atoms with van der Waals surface area (Å²) in [6.45, 7) is 0. The van der Waals surface area contributed by atoms with Crippen molar-refractivity contribution in [3.63, 3.8) is 0 Å². The molecule has 0 bridgehead atoms. The fourth-order valence-corrected chi connectivity index (χ4v) is 2.49. The number of nitrogen functional groups attached to an aromatic ring is 1. The van der Waals surface area contributed by atoms with Gasteiger partial charge in [0, 0.05) is 16.7 Å². The number of methoxy groups -OCH3 is 1. The molecule has 0 unspecified atom stereocenters. The average molecular weight is 396 g/mol. The third-order valence-electron chi connectivity index (χ3n) is 3.75. The Labute approximate surface area is 156 Å². The molecule has 0 amide bonds. The van der Waals surface area contributed by atoms with Crippen LogP contribution in [-0.4, -0.2) is 36.2 Å². The van der Waals surface area contributed by atoms with E-state index in [4.69, 9.17) is 30.5 Å². The van der Waals surface area contributed by atoms with E-state index in [0.29, 0.717) is 11.3 Å². The van der Waals surface area contributed by atoms with Gasteiger partial charge in [0.25, 0.3) is 0 Å². The Morgan fingerprint density at radius 2 is 1.89 bits per heavy atom. The monoisotopic (exact) mass is 396 g/mol. The average Bonchev–Trinajstić information content (AvgIpc) is 3.05. The van der Waals surface area contributed by atoms with Gasteiger partial charge in [-0.25, -0.2) is 4.79 Å². The molecule has 0 aliphatic carbocycles. The predicted octanol–water partition coefficient (Wildman–Crippen LogP) is 3.05. The lowest BCUT2D eigenvalue weighted by molar-refractivity contribution is -0.192. The molecule has 28 heavy (non-hydrogen) atoms. The van der Waals surface area contributed by atoms with Crippen LogP contribution in [0.2, 0.25) is 0 Å². The van der Waals surface area contributed by atoms with Crippen molar-refractivity contribution in [1.82, 2.24) is 0 Å². The Morgan fingerprint density at radius 1 is 1.29 bits per heavy atom. The number of aliphatic carboxylic acids is 1. The summed E-state index contributed by atoms with van der Waals surface area (Å²) in [5.41, 5.74) is 7.76. The standard InChI is InChI=1S/C16H14N2O3.C2HF3O2/c1-20-13-5-4-9-2-3-10(16(17)18)6-12(9)15(13)11-7-14(19)21-8-11;3-2(4,5)1(6)7/h2-6,8H,7H2,1H3,(H3,17,18);(H,6,7). The molecule has 1 heterocycles. The van der Waals surface area contributed by atoms with Crippen molar-refractivity contribution < 1.29 is 37.3 Å². The van der Waals surface area contributed by atoms with E-state index in [-0.39, 0.29) is 18.2 Å². The molecule has 148 valence electrons. The molecule has 0 radical (unpaired) electrons. The molecule has 0 saturated heterocycles. The predicted molar refractivity (Wildman–Crippen MR) is 93.9 cm³/mol. The summed E-state index contributed by atoms with van der Waals surface area (Å²) in [7, 11) is 1.58. The van der Waals surface area contributed by atoms with Gasteiger partial charge >= 0.3 is 18.1 Å². The zero-order chi connectivity index (χ0) is 21.1. The van der Waals surface area contributed by atoms with Gasteiger partial charge in [0.1, 0.15) is 11.6 Å². The highest BCUT2D eigenvalue weighted by Crippen LogP contribution is 2.37. The number of hydrogen-bond donors (Lipinski definition) is 3. The third kappa shape index (κ3) is 4.58. The van der Waals surface area contributed by atoms with E-state index in [9.17, 15) is 18.0 Å². The maximum absolute atomic E-state index is 11.4. The number of fused-ring (bicyclic) bond motifs is 1. The van der Waals surface area contributed by atoms with Crippen LogP contribution in [0.5, 0.6) is 5.75 Å². The van der Waals surface area contributed by atoms with Gasteiger partial charge in [0.05, 0.1) is 19.8 Å². The minimum Gasteiger partial charge on any atom is -0.496 e. The number of hydrogen-bond acceptors (Lipinski definition) is 5. The van der Waals surface area contributed by atoms with Crippen molar-refractivity contribution in [3.05, 3.63) is 47.7 Å². The lowest BCUT2D eigenvalue weighted by Gasteiger charge is -2.13. The summed E-state index contributed by atoms with van der Waals surface area (Å²) in [6, 6.07) is 9.31. The highest BCUT2D eigenvalue weighted by Gasteiger charge is 2.38. The van der Waals surface area contributed by atoms with E-state index < -0.39 is 12.1 Å². The number of alkyl halides is 3. The minimum atomic E-state index is -5.08. The number of carbonyl (C=O) groups excluding carboxylic acids is 1. The van der Waals surface area contributed by atoms with Gasteiger partial charge in [-0.1, -0.05) is 18.2 Å². The van der Waals surface area contributed by atoms with Crippen LogP contribution in [0.1, 0.15) is 17.5 Å². The van der Waals surface area contributed by atoms with Gasteiger partial charge in [0.2, 0.25) is 0 Å². The number of ether oxygens (including phenoxy) is 2. The molecule has 0 atom stereocenters. The molecular weight excluding hydrogens is 381 g/mol. The molecule has 0 aromatic heterocycles. The summed E-state index contributed by atoms with van der Waals surface area (Å²) >= 11 is 0. The number of benzene rings is 2. The van der Waals surface area contributed by atoms with E-state index in [1.807, 2.05) is 24.3 Å². The highest BCUT2D eigenvalue weighted by molar-refractivity contribution is 6.05. The smallest absolute Gasteiger partial charge is 0.490 e. The zero-order valence-corrected chi connectivity index (χ0v) is 14.5. The van der Waals surface area contributed by atoms with Crippen LogP contribution in [0, 0.1) is 5.41 Å². The fourth-order valence-electron chi connectivity index (χ4n) is 2.49. The minimum absolute atomic E-state index is 0.00148. The maximum Gasteiger partial charge on any atom is 0.490 e. The number of esters is 1. The van der Waals surface area contributed by atoms with Crippen molar-refractivity contribution in [1.29, 1.82) is 5.41 Å². The number of carboxylic acid groups (broad SMARTS) is 1. The van der Waals surface area contributed by atoms with Crippen LogP contribution in [0.25, 0.3) is 16.3 Å². The maximum atomic E-state index is 11.4. The van der Waals surface area contributed by atoms with Crippen LogP contribution in [0.15, 0.2) is 36.6 Å². The Morgan fingerprint density at radius 3 is 2.36 bits per heavy atom. The second-order valence-electron chi connectivity index (χ2n) is 5.61. The van der Waals surface area contributed by atoms with E-state index in [2.05, 4.69) is 0 Å². The van der Waals surface area contributed by atoms with E-state index in [1.165, 1.54) is 6.26 Å². The summed E-state index contributed by atoms with van der Waals surface area (Å²) in [4.78, 5) is 20.3. The van der Waals surface area contributed by atoms with Gasteiger partial charge in [-0.3, -0.25) is 10.2 Å². The van der Waals surface area contributed by atoms with Crippen molar-refractivity contribution in [2.75, 3.05) is 7.11 Å². The van der Waals surface area contributed by atoms with Crippen LogP contribution < -0.4 is 10.5 Å². The number of nitrogens with two attached hydrogens (primary N) is 1. The third-order valence-corrected chi connectivity index (χ3v) is 3.75. The normalized spacial score (nSPS) is 13.3. The number of cyclic esters (lactones) is 1. The fraction of sp³-hybridized carbons (Fsp3) is 0.167. The van der Waals surface area contributed by atoms with Crippen molar-refractivity contribution in [2.24, 2.45) is 5.73 Å². The van der Waals surface area contributed by atoms with Crippen molar-refractivity contribution in [2.45, 2.75) is 12.6 Å². The number of carbonyl (C=O) groups is 2. The van der Waals surface area contributed by atoms with E-state index in [0.717, 1.165) is 21.9 Å². The number of nitrogens with one attached hydrogen (secondary N) is 1. The topological polar surface area (TPSA) is 123 Å². The van der Waals surface area contributed by atoms with E-state index in [1.54, 1.807) is 13.2 Å².